The number of anilines is 1. The molecule has 1 aromatic heterocycles. The Morgan fingerprint density at radius 1 is 1.64 bits per heavy atom. The van der Waals surface area contributed by atoms with Crippen molar-refractivity contribution >= 4 is 17.5 Å². The number of pyridine rings is 1. The van der Waals surface area contributed by atoms with Gasteiger partial charge in [0.2, 0.25) is 0 Å². The highest BCUT2D eigenvalue weighted by atomic mass is 19.1. The lowest BCUT2D eigenvalue weighted by Gasteiger charge is -2.37. The highest BCUT2D eigenvalue weighted by Gasteiger charge is 2.30. The average molecular weight is 312 g/mol. The van der Waals surface area contributed by atoms with Crippen molar-refractivity contribution in [2.45, 2.75) is 26.1 Å². The minimum Gasteiger partial charge on any atom is -0.465 e. The fourth-order valence-corrected chi connectivity index (χ4v) is 2.77. The Bertz CT molecular complexity index is 583. The summed E-state index contributed by atoms with van der Waals surface area (Å²) in [5, 5.41) is 22.4. The normalized spacial score (nSPS) is 21.5. The molecule has 1 amide bonds. The first-order valence-electron chi connectivity index (χ1n) is 6.84. The van der Waals surface area contributed by atoms with Crippen molar-refractivity contribution in [3.8, 4) is 0 Å². The number of hydrogen-bond acceptors (Lipinski definition) is 5. The van der Waals surface area contributed by atoms with E-state index in [0.717, 1.165) is 6.20 Å². The van der Waals surface area contributed by atoms with E-state index < -0.39 is 17.7 Å². The van der Waals surface area contributed by atoms with E-state index in [1.54, 1.807) is 4.90 Å². The van der Waals surface area contributed by atoms with Crippen molar-refractivity contribution in [3.05, 3.63) is 28.1 Å². The quantitative estimate of drug-likeness (QED) is 0.649. The molecule has 2 N–H and O–H groups in total. The number of hydrogen-bond donors (Lipinski definition) is 2. The van der Waals surface area contributed by atoms with Gasteiger partial charge in [0.25, 0.3) is 0 Å². The largest absolute Gasteiger partial charge is 0.465 e. The molecule has 0 unspecified atom stereocenters. The molecular formula is C13H17FN4O4. The molecule has 0 spiro atoms. The Labute approximate surface area is 126 Å². The summed E-state index contributed by atoms with van der Waals surface area (Å²) in [6.07, 6.45) is 0.564. The van der Waals surface area contributed by atoms with Gasteiger partial charge in [-0.1, -0.05) is 6.92 Å². The molecule has 1 aliphatic heterocycles. The second-order valence-corrected chi connectivity index (χ2v) is 5.45. The molecule has 9 heteroatoms. The molecule has 0 bridgehead atoms. The Morgan fingerprint density at radius 2 is 2.36 bits per heavy atom. The summed E-state index contributed by atoms with van der Waals surface area (Å²) in [6.45, 7) is 1.96. The van der Waals surface area contributed by atoms with E-state index >= 15 is 0 Å². The lowest BCUT2D eigenvalue weighted by Crippen LogP contribution is -2.50. The van der Waals surface area contributed by atoms with E-state index in [0.29, 0.717) is 19.5 Å². The van der Waals surface area contributed by atoms with Gasteiger partial charge in [0.15, 0.2) is 0 Å². The molecule has 0 saturated carbocycles. The van der Waals surface area contributed by atoms with E-state index in [4.69, 9.17) is 5.11 Å². The monoisotopic (exact) mass is 312 g/mol. The van der Waals surface area contributed by atoms with E-state index in [1.807, 2.05) is 6.92 Å². The van der Waals surface area contributed by atoms with Crippen LogP contribution in [-0.4, -0.2) is 40.2 Å². The standard InChI is InChI=1S/C13H17FN4O4/c1-8-2-10(16-13(19)20)7-17(6-8)11-3-9(4-14)15-5-12(11)18(21)22/h3,5,8,10,16H,2,4,6-7H2,1H3,(H,19,20)/t8-,10+/m1/s1. The van der Waals surface area contributed by atoms with Crippen LogP contribution in [0.4, 0.5) is 20.6 Å². The van der Waals surface area contributed by atoms with Gasteiger partial charge >= 0.3 is 11.8 Å². The number of rotatable bonds is 4. The van der Waals surface area contributed by atoms with Crippen LogP contribution in [0.3, 0.4) is 0 Å². The van der Waals surface area contributed by atoms with Crippen LogP contribution < -0.4 is 10.2 Å². The number of nitrogens with zero attached hydrogens (tertiary/aromatic N) is 3. The Balaban J connectivity index is 2.32. The second-order valence-electron chi connectivity index (χ2n) is 5.45. The zero-order chi connectivity index (χ0) is 16.3. The summed E-state index contributed by atoms with van der Waals surface area (Å²) in [5.74, 6) is 0.146. The van der Waals surface area contributed by atoms with Gasteiger partial charge in [-0.15, -0.1) is 0 Å². The van der Waals surface area contributed by atoms with Crippen molar-refractivity contribution in [3.63, 3.8) is 0 Å². The molecule has 2 atom stereocenters. The molecule has 1 fully saturated rings. The number of carbonyl (C=O) groups is 1. The molecule has 2 rings (SSSR count). The molecule has 0 aliphatic carbocycles. The van der Waals surface area contributed by atoms with Gasteiger partial charge in [0, 0.05) is 19.1 Å². The Kier molecular flexibility index (Phi) is 4.74. The topological polar surface area (TPSA) is 109 Å². The first-order chi connectivity index (χ1) is 10.4. The van der Waals surface area contributed by atoms with Crippen molar-refractivity contribution in [2.24, 2.45) is 5.92 Å². The maximum absolute atomic E-state index is 12.8. The van der Waals surface area contributed by atoms with Gasteiger partial charge in [-0.3, -0.25) is 15.1 Å². The predicted molar refractivity (Wildman–Crippen MR) is 76.6 cm³/mol. The van der Waals surface area contributed by atoms with Gasteiger partial charge in [0.1, 0.15) is 18.6 Å². The van der Waals surface area contributed by atoms with Crippen LogP contribution in [0.2, 0.25) is 0 Å². The molecule has 2 heterocycles. The smallest absolute Gasteiger partial charge is 0.404 e. The van der Waals surface area contributed by atoms with Gasteiger partial charge in [0.05, 0.1) is 10.6 Å². The minimum absolute atomic E-state index is 0.113. The van der Waals surface area contributed by atoms with Crippen LogP contribution in [-0.2, 0) is 6.67 Å². The Morgan fingerprint density at radius 3 is 2.95 bits per heavy atom. The summed E-state index contributed by atoms with van der Waals surface area (Å²) in [4.78, 5) is 26.8. The number of nitrogens with one attached hydrogen (secondary N) is 1. The molecule has 0 aromatic carbocycles. The molecule has 120 valence electrons. The zero-order valence-electron chi connectivity index (χ0n) is 12.0. The molecule has 8 nitrogen and oxygen atoms in total. The van der Waals surface area contributed by atoms with E-state index in [2.05, 4.69) is 10.3 Å². The number of piperidine rings is 1. The van der Waals surface area contributed by atoms with E-state index in [1.165, 1.54) is 6.07 Å². The minimum atomic E-state index is -1.13. The summed E-state index contributed by atoms with van der Waals surface area (Å²) in [5.41, 5.74) is 0.179. The van der Waals surface area contributed by atoms with Gasteiger partial charge in [-0.25, -0.2) is 9.18 Å². The summed E-state index contributed by atoms with van der Waals surface area (Å²) in [7, 11) is 0. The summed E-state index contributed by atoms with van der Waals surface area (Å²) in [6, 6.07) is 1.02. The van der Waals surface area contributed by atoms with E-state index in [-0.39, 0.29) is 29.0 Å². The number of halogens is 1. The van der Waals surface area contributed by atoms with Crippen molar-refractivity contribution in [1.29, 1.82) is 0 Å². The predicted octanol–water partition coefficient (Wildman–Crippen LogP) is 1.94. The van der Waals surface area contributed by atoms with Crippen LogP contribution in [0, 0.1) is 16.0 Å². The van der Waals surface area contributed by atoms with Gasteiger partial charge in [-0.2, -0.15) is 0 Å². The van der Waals surface area contributed by atoms with E-state index in [9.17, 15) is 19.3 Å². The highest BCUT2D eigenvalue weighted by molar-refractivity contribution is 5.66. The van der Waals surface area contributed by atoms with Crippen LogP contribution in [0.1, 0.15) is 19.0 Å². The summed E-state index contributed by atoms with van der Waals surface area (Å²) < 4.78 is 12.8. The Hall–Kier alpha value is -2.45. The SMILES string of the molecule is C[C@@H]1C[C@H](NC(=O)O)CN(c2cc(CF)ncc2[N+](=O)[O-])C1. The summed E-state index contributed by atoms with van der Waals surface area (Å²) >= 11 is 0. The number of carboxylic acid groups (broad SMARTS) is 1. The second kappa shape index (κ2) is 6.54. The van der Waals surface area contributed by atoms with Crippen LogP contribution >= 0.6 is 0 Å². The van der Waals surface area contributed by atoms with Crippen molar-refractivity contribution in [2.75, 3.05) is 18.0 Å². The van der Waals surface area contributed by atoms with Crippen LogP contribution in [0.25, 0.3) is 0 Å². The zero-order valence-corrected chi connectivity index (χ0v) is 12.0. The first kappa shape index (κ1) is 15.9. The third-order valence-electron chi connectivity index (χ3n) is 3.58. The molecule has 0 radical (unpaired) electrons. The average Bonchev–Trinajstić information content (AvgIpc) is 2.45. The van der Waals surface area contributed by atoms with Crippen molar-refractivity contribution < 1.29 is 19.2 Å². The number of nitro groups is 1. The molecule has 1 saturated heterocycles. The van der Waals surface area contributed by atoms with Crippen LogP contribution in [0.15, 0.2) is 12.3 Å². The third kappa shape index (κ3) is 3.60. The van der Waals surface area contributed by atoms with Gasteiger partial charge < -0.3 is 15.3 Å². The molecule has 1 aromatic rings. The maximum atomic E-state index is 12.8. The first-order valence-corrected chi connectivity index (χ1v) is 6.84. The lowest BCUT2D eigenvalue weighted by atomic mass is 9.95. The van der Waals surface area contributed by atoms with Gasteiger partial charge in [-0.05, 0) is 18.4 Å². The van der Waals surface area contributed by atoms with Crippen LogP contribution in [0.5, 0.6) is 0 Å². The third-order valence-corrected chi connectivity index (χ3v) is 3.58. The fraction of sp³-hybridized carbons (Fsp3) is 0.538. The number of amides is 1. The lowest BCUT2D eigenvalue weighted by molar-refractivity contribution is -0.384. The maximum Gasteiger partial charge on any atom is 0.404 e. The van der Waals surface area contributed by atoms with Crippen molar-refractivity contribution in [1.82, 2.24) is 10.3 Å². The molecular weight excluding hydrogens is 295 g/mol. The number of aromatic nitrogens is 1. The molecule has 1 aliphatic rings. The number of alkyl halides is 1. The fourth-order valence-electron chi connectivity index (χ4n) is 2.77. The highest BCUT2D eigenvalue weighted by Crippen LogP contribution is 2.31. The molecule has 22 heavy (non-hydrogen) atoms.